The Bertz CT molecular complexity index is 1810. The average Bonchev–Trinajstić information content (AvgIpc) is 3.27. The van der Waals surface area contributed by atoms with E-state index in [4.69, 9.17) is 4.74 Å². The second-order valence-electron chi connectivity index (χ2n) is 22.1. The number of unbranched alkanes of at least 4 members (excludes halogenated alkanes) is 6. The molecule has 0 bridgehead atoms. The zero-order chi connectivity index (χ0) is 55.5. The number of ether oxygens (including phenoxy) is 1. The molecule has 0 aromatic heterocycles. The van der Waals surface area contributed by atoms with E-state index in [9.17, 15) is 58.2 Å². The zero-order valence-electron chi connectivity index (χ0n) is 46.0. The monoisotopic (exact) mass is 1040 g/mol. The summed E-state index contributed by atoms with van der Waals surface area (Å²) in [5, 5.41) is 37.9. The quantitative estimate of drug-likeness (QED) is 0.0453. The van der Waals surface area contributed by atoms with Gasteiger partial charge in [0.25, 0.3) is 0 Å². The number of carboxylic acid groups (broad SMARTS) is 2. The van der Waals surface area contributed by atoms with E-state index in [0.29, 0.717) is 18.8 Å². The number of carbonyl (C=O) groups is 10. The van der Waals surface area contributed by atoms with Gasteiger partial charge in [0.2, 0.25) is 41.4 Å². The Kier molecular flexibility index (Phi) is 30.8. The molecule has 7 amide bonds. The number of cyclic esters (lactones) is 1. The van der Waals surface area contributed by atoms with Gasteiger partial charge in [0.15, 0.2) is 0 Å². The molecule has 1 heterocycles. The van der Waals surface area contributed by atoms with E-state index >= 15 is 0 Å². The van der Waals surface area contributed by atoms with Crippen molar-refractivity contribution in [2.24, 2.45) is 35.5 Å². The van der Waals surface area contributed by atoms with Crippen LogP contribution in [0.3, 0.4) is 0 Å². The highest BCUT2D eigenvalue weighted by molar-refractivity contribution is 5.98. The van der Waals surface area contributed by atoms with Crippen LogP contribution in [0.1, 0.15) is 192 Å². The van der Waals surface area contributed by atoms with Crippen molar-refractivity contribution in [3.05, 3.63) is 0 Å². The van der Waals surface area contributed by atoms with Crippen molar-refractivity contribution in [2.45, 2.75) is 241 Å². The van der Waals surface area contributed by atoms with Gasteiger partial charge in [-0.2, -0.15) is 0 Å². The largest absolute Gasteiger partial charge is 0.481 e. The molecule has 9 atom stereocenters. The Balaban J connectivity index is 3.96. The van der Waals surface area contributed by atoms with Crippen LogP contribution in [0.5, 0.6) is 0 Å². The maximum Gasteiger partial charge on any atom is 0.329 e. The molecule has 1 rings (SSSR count). The van der Waals surface area contributed by atoms with Crippen LogP contribution in [0, 0.1) is 35.5 Å². The fourth-order valence-electron chi connectivity index (χ4n) is 8.53. The van der Waals surface area contributed by atoms with Crippen LogP contribution in [0.15, 0.2) is 0 Å². The highest BCUT2D eigenvalue weighted by Gasteiger charge is 2.38. The van der Waals surface area contributed by atoms with Crippen LogP contribution in [0.25, 0.3) is 0 Å². The van der Waals surface area contributed by atoms with Crippen LogP contribution >= 0.6 is 0 Å². The third-order valence-corrected chi connectivity index (χ3v) is 12.8. The third-order valence-electron chi connectivity index (χ3n) is 12.8. The summed E-state index contributed by atoms with van der Waals surface area (Å²) in [7, 11) is 0. The van der Waals surface area contributed by atoms with Gasteiger partial charge >= 0.3 is 17.9 Å². The van der Waals surface area contributed by atoms with E-state index in [2.05, 4.69) is 51.1 Å². The molecule has 5 unspecified atom stereocenters. The van der Waals surface area contributed by atoms with E-state index in [1.807, 2.05) is 0 Å². The zero-order valence-corrected chi connectivity index (χ0v) is 46.0. The molecule has 0 aromatic rings. The SMILES string of the molecule is CC[C@H](C)[C@@H]1NC(=O)C(CC(C)C)NC(=O)[C@H](CC(=O)O)NC(=O)C(C(C)C)NC(=O)C(CC(C)C)NC(=O)[C@H](CC(C)C)NC(=O)C(CCC(=O)O)NC(=O)CC(CCCCCCCCCC(C)C)OC1=O. The third kappa shape index (κ3) is 27.0. The Morgan fingerprint density at radius 2 is 0.918 bits per heavy atom. The molecule has 0 aromatic carbocycles. The van der Waals surface area contributed by atoms with Crippen LogP contribution in [0.2, 0.25) is 0 Å². The molecule has 0 radical (unpaired) electrons. The summed E-state index contributed by atoms with van der Waals surface area (Å²) in [4.78, 5) is 137. The van der Waals surface area contributed by atoms with Crippen LogP contribution in [-0.4, -0.2) is 118 Å². The van der Waals surface area contributed by atoms with E-state index < -0.39 is 139 Å². The van der Waals surface area contributed by atoms with E-state index in [0.717, 1.165) is 44.9 Å². The van der Waals surface area contributed by atoms with Crippen molar-refractivity contribution >= 4 is 59.3 Å². The number of hydrogen-bond acceptors (Lipinski definition) is 11. The molecule has 418 valence electrons. The van der Waals surface area contributed by atoms with Crippen LogP contribution in [-0.2, 0) is 52.7 Å². The molecule has 0 aliphatic carbocycles. The first-order chi connectivity index (χ1) is 34.1. The molecule has 0 saturated carbocycles. The molecule has 1 aliphatic rings. The second-order valence-corrected chi connectivity index (χ2v) is 22.1. The molecular weight excluding hydrogens is 943 g/mol. The van der Waals surface area contributed by atoms with Gasteiger partial charge in [0.1, 0.15) is 48.4 Å². The summed E-state index contributed by atoms with van der Waals surface area (Å²) in [6, 6.07) is -9.66. The Morgan fingerprint density at radius 3 is 1.36 bits per heavy atom. The average molecular weight is 1040 g/mol. The van der Waals surface area contributed by atoms with Gasteiger partial charge in [-0.15, -0.1) is 0 Å². The lowest BCUT2D eigenvalue weighted by molar-refractivity contribution is -0.156. The van der Waals surface area contributed by atoms with Gasteiger partial charge < -0.3 is 52.2 Å². The van der Waals surface area contributed by atoms with Crippen molar-refractivity contribution in [2.75, 3.05) is 0 Å². The predicted molar refractivity (Wildman–Crippen MR) is 276 cm³/mol. The van der Waals surface area contributed by atoms with Gasteiger partial charge in [0, 0.05) is 6.42 Å². The van der Waals surface area contributed by atoms with Gasteiger partial charge in [-0.3, -0.25) is 43.2 Å². The van der Waals surface area contributed by atoms with E-state index in [1.165, 1.54) is 0 Å². The lowest BCUT2D eigenvalue weighted by atomic mass is 9.97. The van der Waals surface area contributed by atoms with Crippen LogP contribution in [0.4, 0.5) is 0 Å². The van der Waals surface area contributed by atoms with Crippen molar-refractivity contribution in [3.8, 4) is 0 Å². The first-order valence-electron chi connectivity index (χ1n) is 26.9. The number of carboxylic acids is 2. The van der Waals surface area contributed by atoms with Gasteiger partial charge in [-0.25, -0.2) is 4.79 Å². The maximum absolute atomic E-state index is 14.3. The Morgan fingerprint density at radius 1 is 0.493 bits per heavy atom. The first kappa shape index (κ1) is 65.7. The van der Waals surface area contributed by atoms with E-state index in [1.54, 1.807) is 69.2 Å². The number of carbonyl (C=O) groups excluding carboxylic acids is 8. The molecule has 1 saturated heterocycles. The lowest BCUT2D eigenvalue weighted by Crippen LogP contribution is -2.61. The minimum atomic E-state index is -1.72. The second kappa shape index (κ2) is 34.2. The summed E-state index contributed by atoms with van der Waals surface area (Å²) in [5.74, 6) is -10.5. The summed E-state index contributed by atoms with van der Waals surface area (Å²) in [6.45, 7) is 21.9. The van der Waals surface area contributed by atoms with E-state index in [-0.39, 0.29) is 49.9 Å². The topological polar surface area (TPSA) is 305 Å². The van der Waals surface area contributed by atoms with Gasteiger partial charge in [-0.05, 0) is 74.0 Å². The number of rotatable bonds is 24. The van der Waals surface area contributed by atoms with Crippen molar-refractivity contribution < 1.29 is 62.9 Å². The molecule has 9 N–H and O–H groups in total. The fraction of sp³-hybridized carbons (Fsp3) is 0.811. The first-order valence-corrected chi connectivity index (χ1v) is 26.9. The van der Waals surface area contributed by atoms with Gasteiger partial charge in [0.05, 0.1) is 12.8 Å². The summed E-state index contributed by atoms with van der Waals surface area (Å²) < 4.78 is 6.06. The molecule has 73 heavy (non-hydrogen) atoms. The highest BCUT2D eigenvalue weighted by atomic mass is 16.5. The lowest BCUT2D eigenvalue weighted by Gasteiger charge is -2.30. The summed E-state index contributed by atoms with van der Waals surface area (Å²) >= 11 is 0. The predicted octanol–water partition coefficient (Wildman–Crippen LogP) is 5.04. The van der Waals surface area contributed by atoms with Crippen molar-refractivity contribution in [1.82, 2.24) is 37.2 Å². The molecule has 20 nitrogen and oxygen atoms in total. The molecule has 0 spiro atoms. The van der Waals surface area contributed by atoms with Gasteiger partial charge in [-0.1, -0.05) is 134 Å². The van der Waals surface area contributed by atoms with Crippen molar-refractivity contribution in [1.29, 1.82) is 0 Å². The number of nitrogens with one attached hydrogen (secondary N) is 7. The maximum atomic E-state index is 14.3. The summed E-state index contributed by atoms with van der Waals surface area (Å²) in [6.07, 6.45) is 5.31. The minimum absolute atomic E-state index is 0.0381. The number of hydrogen-bond donors (Lipinski definition) is 9. The van der Waals surface area contributed by atoms with Crippen molar-refractivity contribution in [3.63, 3.8) is 0 Å². The molecule has 1 fully saturated rings. The van der Waals surface area contributed by atoms with Crippen LogP contribution < -0.4 is 37.2 Å². The smallest absolute Gasteiger partial charge is 0.329 e. The molecule has 1 aliphatic heterocycles. The minimum Gasteiger partial charge on any atom is -0.481 e. The molecule has 20 heteroatoms. The number of amides is 7. The fourth-order valence-corrected chi connectivity index (χ4v) is 8.53. The standard InChI is InChI=1S/C53H93N7O13/c1-13-35(12)46-53(72)73-36(22-20-18-16-14-15-17-19-21-30(2)3)28-42(61)54-37(23-24-43(62)63)47(66)55-38(25-31(4)5)48(67)56-39(26-32(6)7)50(69)59-45(34(10)11)52(71)58-41(29-44(64)65)49(68)57-40(27-33(8)9)51(70)60-46/h30-41,45-46H,13-29H2,1-12H3,(H,54,61)(H,55,66)(H,56,67)(H,57,68)(H,58,71)(H,59,69)(H,60,70)(H,62,63)(H,64,65)/t35-,36?,37?,38-,39?,40?,41-,45?,46-/m0/s1. The summed E-state index contributed by atoms with van der Waals surface area (Å²) in [5.41, 5.74) is 0. The number of esters is 1. The number of aliphatic carboxylic acids is 2. The highest BCUT2D eigenvalue weighted by Crippen LogP contribution is 2.20. The Hall–Kier alpha value is -5.30. The molecular formula is C53H93N7O13. The Labute approximate surface area is 434 Å². The normalized spacial score (nSPS) is 24.4.